The molecule has 1 saturated carbocycles. The van der Waals surface area contributed by atoms with Crippen molar-refractivity contribution in [1.29, 1.82) is 0 Å². The quantitative estimate of drug-likeness (QED) is 0.640. The first-order valence-electron chi connectivity index (χ1n) is 7.41. The summed E-state index contributed by atoms with van der Waals surface area (Å²) in [5, 5.41) is 0.793. The second-order valence-electron chi connectivity index (χ2n) is 5.78. The number of halogens is 1. The van der Waals surface area contributed by atoms with Crippen molar-refractivity contribution in [3.63, 3.8) is 0 Å². The summed E-state index contributed by atoms with van der Waals surface area (Å²) in [5.74, 6) is 7.04. The van der Waals surface area contributed by atoms with Crippen molar-refractivity contribution >= 4 is 11.0 Å². The number of hydrogen-bond donors (Lipinski definition) is 2. The topological polar surface area (TPSA) is 51.2 Å². The fraction of sp³-hybridized carbons (Fsp3) is 0.500. The third-order valence-corrected chi connectivity index (χ3v) is 4.38. The molecule has 3 nitrogen and oxygen atoms in total. The first-order chi connectivity index (χ1) is 9.76. The van der Waals surface area contributed by atoms with Crippen LogP contribution in [0.1, 0.15) is 50.3 Å². The van der Waals surface area contributed by atoms with Crippen molar-refractivity contribution in [1.82, 2.24) is 5.43 Å². The average Bonchev–Trinajstić information content (AvgIpc) is 3.08. The number of rotatable bonds is 5. The van der Waals surface area contributed by atoms with Crippen LogP contribution in [-0.4, -0.2) is 0 Å². The molecule has 0 amide bonds. The zero-order valence-corrected chi connectivity index (χ0v) is 11.6. The van der Waals surface area contributed by atoms with Crippen molar-refractivity contribution in [2.75, 3.05) is 0 Å². The predicted octanol–water partition coefficient (Wildman–Crippen LogP) is 4.05. The van der Waals surface area contributed by atoms with E-state index in [2.05, 4.69) is 5.43 Å². The lowest BCUT2D eigenvalue weighted by atomic mass is 9.98. The van der Waals surface area contributed by atoms with Gasteiger partial charge in [-0.3, -0.25) is 5.84 Å². The van der Waals surface area contributed by atoms with Crippen molar-refractivity contribution in [2.24, 2.45) is 11.8 Å². The van der Waals surface area contributed by atoms with Crippen LogP contribution in [0.2, 0.25) is 0 Å². The third-order valence-electron chi connectivity index (χ3n) is 4.38. The fourth-order valence-electron chi connectivity index (χ4n) is 3.22. The number of hydrogen-bond acceptors (Lipinski definition) is 3. The van der Waals surface area contributed by atoms with E-state index in [1.54, 1.807) is 6.07 Å². The Morgan fingerprint density at radius 1 is 1.30 bits per heavy atom. The van der Waals surface area contributed by atoms with Crippen LogP contribution in [0.5, 0.6) is 0 Å². The molecule has 3 rings (SSSR count). The SMILES string of the molecule is NNC(CCC1CCCC1)c1cc2cc(F)ccc2o1. The van der Waals surface area contributed by atoms with Gasteiger partial charge in [-0.15, -0.1) is 0 Å². The van der Waals surface area contributed by atoms with E-state index in [9.17, 15) is 4.39 Å². The monoisotopic (exact) mass is 276 g/mol. The van der Waals surface area contributed by atoms with E-state index in [0.717, 1.165) is 23.5 Å². The van der Waals surface area contributed by atoms with Crippen LogP contribution in [0.4, 0.5) is 4.39 Å². The highest BCUT2D eigenvalue weighted by atomic mass is 19.1. The van der Waals surface area contributed by atoms with E-state index in [4.69, 9.17) is 10.3 Å². The molecule has 1 unspecified atom stereocenters. The Labute approximate surface area is 118 Å². The van der Waals surface area contributed by atoms with Crippen LogP contribution < -0.4 is 11.3 Å². The normalized spacial score (nSPS) is 17.9. The highest BCUT2D eigenvalue weighted by Crippen LogP contribution is 2.32. The summed E-state index contributed by atoms with van der Waals surface area (Å²) in [6.07, 6.45) is 7.51. The van der Waals surface area contributed by atoms with Gasteiger partial charge in [0.2, 0.25) is 0 Å². The standard InChI is InChI=1S/C16H21FN2O/c17-13-6-8-15-12(9-13)10-16(20-15)14(19-18)7-5-11-3-1-2-4-11/h6,8-11,14,19H,1-5,7,18H2. The number of fused-ring (bicyclic) bond motifs is 1. The molecule has 1 aliphatic rings. The predicted molar refractivity (Wildman–Crippen MR) is 77.4 cm³/mol. The molecule has 1 heterocycles. The van der Waals surface area contributed by atoms with Crippen molar-refractivity contribution in [2.45, 2.75) is 44.6 Å². The second kappa shape index (κ2) is 5.94. The summed E-state index contributed by atoms with van der Waals surface area (Å²) in [5.41, 5.74) is 3.54. The first-order valence-corrected chi connectivity index (χ1v) is 7.41. The molecule has 1 aliphatic carbocycles. The first kappa shape index (κ1) is 13.6. The number of hydrazine groups is 1. The number of furan rings is 1. The molecule has 1 aromatic carbocycles. The molecular weight excluding hydrogens is 255 g/mol. The summed E-state index contributed by atoms with van der Waals surface area (Å²) in [6, 6.07) is 6.47. The molecule has 0 radical (unpaired) electrons. The van der Waals surface area contributed by atoms with Crippen molar-refractivity contribution in [3.8, 4) is 0 Å². The van der Waals surface area contributed by atoms with Gasteiger partial charge in [-0.2, -0.15) is 0 Å². The molecule has 1 fully saturated rings. The third kappa shape index (κ3) is 2.86. The van der Waals surface area contributed by atoms with Crippen LogP contribution in [0.3, 0.4) is 0 Å². The summed E-state index contributed by atoms with van der Waals surface area (Å²) in [6.45, 7) is 0. The highest BCUT2D eigenvalue weighted by Gasteiger charge is 2.20. The van der Waals surface area contributed by atoms with E-state index >= 15 is 0 Å². The minimum Gasteiger partial charge on any atom is -0.459 e. The molecule has 20 heavy (non-hydrogen) atoms. The van der Waals surface area contributed by atoms with Gasteiger partial charge in [0.05, 0.1) is 6.04 Å². The van der Waals surface area contributed by atoms with Gasteiger partial charge in [-0.25, -0.2) is 9.82 Å². The minimum atomic E-state index is -0.243. The molecule has 108 valence electrons. The molecule has 0 saturated heterocycles. The van der Waals surface area contributed by atoms with E-state index in [-0.39, 0.29) is 11.9 Å². The molecular formula is C16H21FN2O. The van der Waals surface area contributed by atoms with E-state index < -0.39 is 0 Å². The lowest BCUT2D eigenvalue weighted by Gasteiger charge is -2.15. The lowest BCUT2D eigenvalue weighted by molar-refractivity contribution is 0.372. The van der Waals surface area contributed by atoms with E-state index in [0.29, 0.717) is 5.58 Å². The molecule has 3 N–H and O–H groups in total. The number of benzene rings is 1. The summed E-state index contributed by atoms with van der Waals surface area (Å²) in [4.78, 5) is 0. The van der Waals surface area contributed by atoms with Gasteiger partial charge in [-0.1, -0.05) is 25.7 Å². The zero-order valence-electron chi connectivity index (χ0n) is 11.6. The van der Waals surface area contributed by atoms with Crippen LogP contribution in [0, 0.1) is 11.7 Å². The van der Waals surface area contributed by atoms with Crippen LogP contribution >= 0.6 is 0 Å². The second-order valence-corrected chi connectivity index (χ2v) is 5.78. The molecule has 1 aromatic heterocycles. The molecule has 0 bridgehead atoms. The molecule has 0 aliphatic heterocycles. The zero-order chi connectivity index (χ0) is 13.9. The van der Waals surface area contributed by atoms with Gasteiger partial charge in [-0.05, 0) is 43.0 Å². The van der Waals surface area contributed by atoms with E-state index in [1.807, 2.05) is 6.07 Å². The smallest absolute Gasteiger partial charge is 0.134 e. The minimum absolute atomic E-state index is 0.00561. The summed E-state index contributed by atoms with van der Waals surface area (Å²) < 4.78 is 19.0. The Morgan fingerprint density at radius 3 is 2.85 bits per heavy atom. The van der Waals surface area contributed by atoms with Crippen LogP contribution in [-0.2, 0) is 0 Å². The lowest BCUT2D eigenvalue weighted by Crippen LogP contribution is -2.28. The van der Waals surface area contributed by atoms with Crippen LogP contribution in [0.25, 0.3) is 11.0 Å². The van der Waals surface area contributed by atoms with Gasteiger partial charge in [0, 0.05) is 5.39 Å². The molecule has 4 heteroatoms. The number of nitrogens with two attached hydrogens (primary N) is 1. The Morgan fingerprint density at radius 2 is 2.10 bits per heavy atom. The van der Waals surface area contributed by atoms with Gasteiger partial charge < -0.3 is 4.42 Å². The van der Waals surface area contributed by atoms with Gasteiger partial charge in [0.15, 0.2) is 0 Å². The maximum Gasteiger partial charge on any atom is 0.134 e. The average molecular weight is 276 g/mol. The Bertz CT molecular complexity index is 575. The highest BCUT2D eigenvalue weighted by molar-refractivity contribution is 5.78. The summed E-state index contributed by atoms with van der Waals surface area (Å²) in [7, 11) is 0. The fourth-order valence-corrected chi connectivity index (χ4v) is 3.22. The Kier molecular flexibility index (Phi) is 4.03. The van der Waals surface area contributed by atoms with E-state index in [1.165, 1.54) is 44.2 Å². The van der Waals surface area contributed by atoms with Crippen molar-refractivity contribution in [3.05, 3.63) is 35.8 Å². The maximum atomic E-state index is 13.2. The molecule has 1 atom stereocenters. The number of nitrogens with one attached hydrogen (secondary N) is 1. The van der Waals surface area contributed by atoms with Gasteiger partial charge >= 0.3 is 0 Å². The van der Waals surface area contributed by atoms with Gasteiger partial charge in [0.25, 0.3) is 0 Å². The van der Waals surface area contributed by atoms with Crippen LogP contribution in [0.15, 0.2) is 28.7 Å². The molecule has 0 spiro atoms. The maximum absolute atomic E-state index is 13.2. The Balaban J connectivity index is 1.72. The molecule has 2 aromatic rings. The van der Waals surface area contributed by atoms with Crippen molar-refractivity contribution < 1.29 is 8.81 Å². The summed E-state index contributed by atoms with van der Waals surface area (Å²) >= 11 is 0. The van der Waals surface area contributed by atoms with Gasteiger partial charge in [0.1, 0.15) is 17.2 Å². The Hall–Kier alpha value is -1.39. The largest absolute Gasteiger partial charge is 0.459 e.